The van der Waals surface area contributed by atoms with Gasteiger partial charge in [-0.05, 0) is 37.5 Å². The van der Waals surface area contributed by atoms with Gasteiger partial charge in [-0.25, -0.2) is 0 Å². The summed E-state index contributed by atoms with van der Waals surface area (Å²) in [4.78, 5) is 14.5. The van der Waals surface area contributed by atoms with Crippen molar-refractivity contribution in [2.75, 3.05) is 6.54 Å². The molecule has 0 radical (unpaired) electrons. The highest BCUT2D eigenvalue weighted by Gasteiger charge is 2.23. The third kappa shape index (κ3) is 2.72. The van der Waals surface area contributed by atoms with Crippen LogP contribution in [0.1, 0.15) is 23.6 Å². The lowest BCUT2D eigenvalue weighted by atomic mass is 9.86. The van der Waals surface area contributed by atoms with Crippen molar-refractivity contribution in [1.82, 2.24) is 5.32 Å². The number of hydrogen-bond donors (Lipinski definition) is 1. The molecule has 2 unspecified atom stereocenters. The van der Waals surface area contributed by atoms with Gasteiger partial charge in [-0.3, -0.25) is 4.79 Å². The first-order valence-electron chi connectivity index (χ1n) is 6.36. The zero-order valence-electron chi connectivity index (χ0n) is 11.1. The predicted molar refractivity (Wildman–Crippen MR) is 77.5 cm³/mol. The van der Waals surface area contributed by atoms with E-state index in [1.165, 1.54) is 15.3 Å². The SMILES string of the molecule is CCNC(=O)C1C=CC(c2ccc(C)s2)=CC1C. The molecule has 1 aromatic rings. The summed E-state index contributed by atoms with van der Waals surface area (Å²) in [5.41, 5.74) is 1.24. The van der Waals surface area contributed by atoms with Crippen LogP contribution < -0.4 is 5.32 Å². The summed E-state index contributed by atoms with van der Waals surface area (Å²) in [6.07, 6.45) is 6.30. The van der Waals surface area contributed by atoms with Crippen LogP contribution in [0, 0.1) is 18.8 Å². The van der Waals surface area contributed by atoms with Gasteiger partial charge in [-0.2, -0.15) is 0 Å². The molecule has 18 heavy (non-hydrogen) atoms. The molecular weight excluding hydrogens is 242 g/mol. The topological polar surface area (TPSA) is 29.1 Å². The fourth-order valence-electron chi connectivity index (χ4n) is 2.20. The Balaban J connectivity index is 2.14. The first-order valence-corrected chi connectivity index (χ1v) is 7.18. The maximum absolute atomic E-state index is 11.9. The van der Waals surface area contributed by atoms with E-state index in [4.69, 9.17) is 0 Å². The summed E-state index contributed by atoms with van der Waals surface area (Å²) in [5, 5.41) is 2.89. The van der Waals surface area contributed by atoms with E-state index in [0.717, 1.165) is 0 Å². The summed E-state index contributed by atoms with van der Waals surface area (Å²) in [6.45, 7) is 6.85. The predicted octanol–water partition coefficient (Wildman–Crippen LogP) is 3.40. The number of aryl methyl sites for hydroxylation is 1. The van der Waals surface area contributed by atoms with Crippen molar-refractivity contribution < 1.29 is 4.79 Å². The summed E-state index contributed by atoms with van der Waals surface area (Å²) >= 11 is 1.80. The third-order valence-electron chi connectivity index (χ3n) is 3.17. The number of carbonyl (C=O) groups is 1. The highest BCUT2D eigenvalue weighted by Crippen LogP contribution is 2.31. The monoisotopic (exact) mass is 261 g/mol. The average Bonchev–Trinajstić information content (AvgIpc) is 2.76. The summed E-state index contributed by atoms with van der Waals surface area (Å²) in [7, 11) is 0. The normalized spacial score (nSPS) is 22.7. The van der Waals surface area contributed by atoms with Gasteiger partial charge in [0.2, 0.25) is 5.91 Å². The fraction of sp³-hybridized carbons (Fsp3) is 0.400. The lowest BCUT2D eigenvalue weighted by molar-refractivity contribution is -0.124. The zero-order chi connectivity index (χ0) is 13.1. The van der Waals surface area contributed by atoms with Crippen LogP contribution in [0.3, 0.4) is 0 Å². The molecule has 1 heterocycles. The number of nitrogens with one attached hydrogen (secondary N) is 1. The van der Waals surface area contributed by atoms with Crippen LogP contribution in [0.2, 0.25) is 0 Å². The Kier molecular flexibility index (Phi) is 4.02. The number of rotatable bonds is 3. The molecule has 0 bridgehead atoms. The molecule has 1 aliphatic rings. The van der Waals surface area contributed by atoms with Gasteiger partial charge in [-0.15, -0.1) is 11.3 Å². The Hall–Kier alpha value is -1.35. The van der Waals surface area contributed by atoms with Crippen LogP contribution in [0.15, 0.2) is 30.4 Å². The Bertz CT molecular complexity index is 498. The number of amides is 1. The maximum atomic E-state index is 11.9. The van der Waals surface area contributed by atoms with Gasteiger partial charge < -0.3 is 5.32 Å². The molecule has 0 saturated carbocycles. The smallest absolute Gasteiger partial charge is 0.227 e. The van der Waals surface area contributed by atoms with Crippen molar-refractivity contribution in [2.24, 2.45) is 11.8 Å². The van der Waals surface area contributed by atoms with Crippen LogP contribution in [-0.4, -0.2) is 12.5 Å². The van der Waals surface area contributed by atoms with Crippen molar-refractivity contribution in [3.05, 3.63) is 40.1 Å². The van der Waals surface area contributed by atoms with Gasteiger partial charge in [0.25, 0.3) is 0 Å². The molecule has 0 spiro atoms. The molecule has 1 amide bonds. The Morgan fingerprint density at radius 3 is 2.78 bits per heavy atom. The third-order valence-corrected chi connectivity index (χ3v) is 4.22. The van der Waals surface area contributed by atoms with Gasteiger partial charge in [-0.1, -0.05) is 25.2 Å². The number of carbonyl (C=O) groups excluding carboxylic acids is 1. The van der Waals surface area contributed by atoms with Crippen LogP contribution >= 0.6 is 11.3 Å². The van der Waals surface area contributed by atoms with E-state index >= 15 is 0 Å². The maximum Gasteiger partial charge on any atom is 0.227 e. The molecule has 1 N–H and O–H groups in total. The van der Waals surface area contributed by atoms with Crippen molar-refractivity contribution in [3.8, 4) is 0 Å². The molecule has 0 aromatic carbocycles. The van der Waals surface area contributed by atoms with E-state index in [1.807, 2.05) is 13.0 Å². The van der Waals surface area contributed by atoms with E-state index in [0.29, 0.717) is 6.54 Å². The van der Waals surface area contributed by atoms with E-state index in [2.05, 4.69) is 43.4 Å². The van der Waals surface area contributed by atoms with Gasteiger partial charge >= 0.3 is 0 Å². The molecule has 2 atom stereocenters. The molecule has 2 rings (SSSR count). The Morgan fingerprint density at radius 1 is 1.44 bits per heavy atom. The second kappa shape index (κ2) is 5.53. The van der Waals surface area contributed by atoms with Gasteiger partial charge in [0.05, 0.1) is 5.92 Å². The first-order chi connectivity index (χ1) is 8.61. The van der Waals surface area contributed by atoms with Crippen molar-refractivity contribution in [2.45, 2.75) is 20.8 Å². The Morgan fingerprint density at radius 2 is 2.22 bits per heavy atom. The van der Waals surface area contributed by atoms with E-state index < -0.39 is 0 Å². The number of hydrogen-bond acceptors (Lipinski definition) is 2. The van der Waals surface area contributed by atoms with Crippen molar-refractivity contribution in [1.29, 1.82) is 0 Å². The Labute approximate surface area is 112 Å². The quantitative estimate of drug-likeness (QED) is 0.887. The van der Waals surface area contributed by atoms with Crippen LogP contribution in [0.25, 0.3) is 5.57 Å². The molecule has 0 aliphatic heterocycles. The summed E-state index contributed by atoms with van der Waals surface area (Å²) < 4.78 is 0. The van der Waals surface area contributed by atoms with E-state index in [1.54, 1.807) is 11.3 Å². The molecular formula is C15H19NOS. The zero-order valence-corrected chi connectivity index (χ0v) is 11.9. The minimum absolute atomic E-state index is 0.0326. The standard InChI is InChI=1S/C15H19NOS/c1-4-16-15(17)13-7-6-12(9-10(13)2)14-8-5-11(3)18-14/h5-10,13H,4H2,1-3H3,(H,16,17). The lowest BCUT2D eigenvalue weighted by Gasteiger charge is -2.21. The van der Waals surface area contributed by atoms with Gasteiger partial charge in [0.1, 0.15) is 0 Å². The lowest BCUT2D eigenvalue weighted by Crippen LogP contribution is -2.33. The van der Waals surface area contributed by atoms with E-state index in [9.17, 15) is 4.79 Å². The largest absolute Gasteiger partial charge is 0.356 e. The van der Waals surface area contributed by atoms with Crippen LogP contribution in [0.4, 0.5) is 0 Å². The second-order valence-corrected chi connectivity index (χ2v) is 5.96. The second-order valence-electron chi connectivity index (χ2n) is 4.67. The molecule has 0 saturated heterocycles. The highest BCUT2D eigenvalue weighted by atomic mass is 32.1. The first kappa shape index (κ1) is 13.1. The number of allylic oxidation sites excluding steroid dienone is 3. The molecule has 1 aliphatic carbocycles. The number of thiophene rings is 1. The average molecular weight is 261 g/mol. The van der Waals surface area contributed by atoms with Crippen LogP contribution in [-0.2, 0) is 4.79 Å². The highest BCUT2D eigenvalue weighted by molar-refractivity contribution is 7.13. The fourth-order valence-corrected chi connectivity index (χ4v) is 3.07. The molecule has 0 fully saturated rings. The van der Waals surface area contributed by atoms with Crippen molar-refractivity contribution >= 4 is 22.8 Å². The van der Waals surface area contributed by atoms with Gasteiger partial charge in [0.15, 0.2) is 0 Å². The van der Waals surface area contributed by atoms with E-state index in [-0.39, 0.29) is 17.7 Å². The molecule has 3 heteroatoms. The minimum atomic E-state index is -0.0326. The summed E-state index contributed by atoms with van der Waals surface area (Å²) in [6, 6.07) is 4.28. The molecule has 96 valence electrons. The minimum Gasteiger partial charge on any atom is -0.356 e. The van der Waals surface area contributed by atoms with Crippen molar-refractivity contribution in [3.63, 3.8) is 0 Å². The summed E-state index contributed by atoms with van der Waals surface area (Å²) in [5.74, 6) is 0.340. The molecule has 2 nitrogen and oxygen atoms in total. The van der Waals surface area contributed by atoms with Crippen LogP contribution in [0.5, 0.6) is 0 Å². The van der Waals surface area contributed by atoms with Gasteiger partial charge in [0, 0.05) is 16.3 Å². The molecule has 1 aromatic heterocycles.